The number of hydrogen-bond donors (Lipinski definition) is 2. The molecule has 0 radical (unpaired) electrons. The summed E-state index contributed by atoms with van der Waals surface area (Å²) in [6.07, 6.45) is -0.352. The van der Waals surface area contributed by atoms with Crippen LogP contribution >= 0.6 is 11.8 Å². The SMILES string of the molecule is CC(C)(C)OC(=O)CN1C(=O)[C@@H](NC(C#N)[C@H](Cc2ccccc2)NC(=O)OCc2ccccc2)CSc2ccccc21. The van der Waals surface area contributed by atoms with E-state index in [1.807, 2.05) is 78.9 Å². The Morgan fingerprint density at radius 2 is 1.63 bits per heavy atom. The highest BCUT2D eigenvalue weighted by Crippen LogP contribution is 2.34. The lowest BCUT2D eigenvalue weighted by Gasteiger charge is -2.30. The van der Waals surface area contributed by atoms with Crippen LogP contribution in [0.3, 0.4) is 0 Å². The lowest BCUT2D eigenvalue weighted by atomic mass is 9.99. The van der Waals surface area contributed by atoms with Crippen LogP contribution in [0.2, 0.25) is 0 Å². The zero-order chi connectivity index (χ0) is 30.8. The molecule has 1 aliphatic heterocycles. The molecule has 224 valence electrons. The van der Waals surface area contributed by atoms with Gasteiger partial charge in [-0.1, -0.05) is 72.8 Å². The van der Waals surface area contributed by atoms with Crippen molar-refractivity contribution in [1.29, 1.82) is 5.26 Å². The molecule has 0 aromatic heterocycles. The van der Waals surface area contributed by atoms with Crippen molar-refractivity contribution in [3.05, 3.63) is 96.1 Å². The number of fused-ring (bicyclic) bond motifs is 1. The fraction of sp³-hybridized carbons (Fsp3) is 0.333. The highest BCUT2D eigenvalue weighted by molar-refractivity contribution is 7.99. The molecule has 1 heterocycles. The number of rotatable bonds is 10. The van der Waals surface area contributed by atoms with E-state index >= 15 is 0 Å². The number of esters is 1. The first-order valence-electron chi connectivity index (χ1n) is 14.0. The molecule has 2 amide bonds. The van der Waals surface area contributed by atoms with E-state index in [0.717, 1.165) is 16.0 Å². The maximum absolute atomic E-state index is 13.9. The lowest BCUT2D eigenvalue weighted by molar-refractivity contribution is -0.153. The molecule has 2 N–H and O–H groups in total. The number of thioether (sulfide) groups is 1. The van der Waals surface area contributed by atoms with Gasteiger partial charge < -0.3 is 14.8 Å². The largest absolute Gasteiger partial charge is 0.459 e. The van der Waals surface area contributed by atoms with Gasteiger partial charge in [0.2, 0.25) is 5.91 Å². The quantitative estimate of drug-likeness (QED) is 0.317. The summed E-state index contributed by atoms with van der Waals surface area (Å²) in [6, 6.07) is 25.9. The number of para-hydroxylation sites is 1. The van der Waals surface area contributed by atoms with E-state index in [2.05, 4.69) is 16.7 Å². The maximum atomic E-state index is 13.9. The number of carbonyl (C=O) groups excluding carboxylic acids is 3. The van der Waals surface area contributed by atoms with Gasteiger partial charge in [0, 0.05) is 10.6 Å². The molecule has 4 rings (SSSR count). The van der Waals surface area contributed by atoms with Crippen molar-refractivity contribution >= 4 is 35.4 Å². The van der Waals surface area contributed by atoms with Crippen molar-refractivity contribution in [1.82, 2.24) is 10.6 Å². The summed E-state index contributed by atoms with van der Waals surface area (Å²) in [5, 5.41) is 16.3. The maximum Gasteiger partial charge on any atom is 0.407 e. The Morgan fingerprint density at radius 3 is 2.28 bits per heavy atom. The van der Waals surface area contributed by atoms with Gasteiger partial charge in [-0.15, -0.1) is 11.8 Å². The van der Waals surface area contributed by atoms with Crippen LogP contribution in [0.25, 0.3) is 0 Å². The summed E-state index contributed by atoms with van der Waals surface area (Å²) in [5.74, 6) is -0.591. The fourth-order valence-electron chi connectivity index (χ4n) is 4.64. The van der Waals surface area contributed by atoms with Gasteiger partial charge in [-0.25, -0.2) is 4.79 Å². The van der Waals surface area contributed by atoms with Gasteiger partial charge in [0.05, 0.1) is 23.8 Å². The minimum absolute atomic E-state index is 0.0744. The van der Waals surface area contributed by atoms with Gasteiger partial charge in [-0.3, -0.25) is 19.8 Å². The Morgan fingerprint density at radius 1 is 1.00 bits per heavy atom. The molecule has 9 nitrogen and oxygen atoms in total. The number of nitrogens with zero attached hydrogens (tertiary/aromatic N) is 2. The number of ether oxygens (including phenoxy) is 2. The molecule has 3 aromatic rings. The molecule has 0 saturated carbocycles. The predicted molar refractivity (Wildman–Crippen MR) is 165 cm³/mol. The summed E-state index contributed by atoms with van der Waals surface area (Å²) in [7, 11) is 0. The first-order valence-corrected chi connectivity index (χ1v) is 15.0. The van der Waals surface area contributed by atoms with E-state index < -0.39 is 35.8 Å². The van der Waals surface area contributed by atoms with Crippen molar-refractivity contribution in [2.75, 3.05) is 17.2 Å². The van der Waals surface area contributed by atoms with E-state index in [-0.39, 0.29) is 19.1 Å². The van der Waals surface area contributed by atoms with E-state index in [0.29, 0.717) is 17.9 Å². The van der Waals surface area contributed by atoms with E-state index in [1.54, 1.807) is 26.8 Å². The number of anilines is 1. The number of hydrogen-bond acceptors (Lipinski definition) is 8. The molecule has 0 fully saturated rings. The summed E-state index contributed by atoms with van der Waals surface area (Å²) in [4.78, 5) is 41.9. The normalized spacial score (nSPS) is 16.2. The summed E-state index contributed by atoms with van der Waals surface area (Å²) >= 11 is 1.45. The minimum Gasteiger partial charge on any atom is -0.459 e. The van der Waals surface area contributed by atoms with Crippen molar-refractivity contribution in [2.45, 2.75) is 62.4 Å². The first kappa shape index (κ1) is 31.6. The third-order valence-corrected chi connectivity index (χ3v) is 7.73. The number of nitriles is 1. The summed E-state index contributed by atoms with van der Waals surface area (Å²) < 4.78 is 11.0. The predicted octanol–water partition coefficient (Wildman–Crippen LogP) is 4.86. The van der Waals surface area contributed by atoms with Gasteiger partial charge in [-0.2, -0.15) is 5.26 Å². The second-order valence-corrected chi connectivity index (χ2v) is 12.2. The Bertz CT molecular complexity index is 1440. The van der Waals surface area contributed by atoms with Crippen LogP contribution in [0.5, 0.6) is 0 Å². The van der Waals surface area contributed by atoms with Gasteiger partial charge in [-0.05, 0) is 50.5 Å². The fourth-order valence-corrected chi connectivity index (χ4v) is 5.72. The zero-order valence-corrected chi connectivity index (χ0v) is 25.3. The van der Waals surface area contributed by atoms with Gasteiger partial charge in [0.15, 0.2) is 0 Å². The van der Waals surface area contributed by atoms with Gasteiger partial charge >= 0.3 is 12.1 Å². The molecule has 3 aromatic carbocycles. The average molecular weight is 601 g/mol. The Hall–Kier alpha value is -4.33. The third kappa shape index (κ3) is 9.33. The van der Waals surface area contributed by atoms with Crippen molar-refractivity contribution < 1.29 is 23.9 Å². The van der Waals surface area contributed by atoms with Crippen LogP contribution in [0.15, 0.2) is 89.8 Å². The van der Waals surface area contributed by atoms with Gasteiger partial charge in [0.25, 0.3) is 0 Å². The van der Waals surface area contributed by atoms with Gasteiger partial charge in [0.1, 0.15) is 24.8 Å². The van der Waals surface area contributed by atoms with E-state index in [9.17, 15) is 19.6 Å². The highest BCUT2D eigenvalue weighted by atomic mass is 32.2. The Kier molecular flexibility index (Phi) is 10.8. The summed E-state index contributed by atoms with van der Waals surface area (Å²) in [6.45, 7) is 5.11. The molecule has 0 bridgehead atoms. The molecular formula is C33H36N4O5S. The average Bonchev–Trinajstić information content (AvgIpc) is 3.11. The standard InChI is InChI=1S/C33H36N4O5S/c1-33(2,3)42-30(38)20-37-28-16-10-11-17-29(28)43-22-27(31(37)39)35-26(19-34)25(18-23-12-6-4-7-13-23)36-32(40)41-21-24-14-8-5-9-15-24/h4-17,25-27,35H,18,20-22H2,1-3H3,(H,36,40)/t25-,26?,27-/m0/s1. The molecular weight excluding hydrogens is 564 g/mol. The minimum atomic E-state index is -0.955. The van der Waals surface area contributed by atoms with Crippen LogP contribution in [-0.4, -0.2) is 54.0 Å². The van der Waals surface area contributed by atoms with Crippen molar-refractivity contribution in [3.63, 3.8) is 0 Å². The smallest absolute Gasteiger partial charge is 0.407 e. The van der Waals surface area contributed by atoms with Crippen molar-refractivity contribution in [2.24, 2.45) is 0 Å². The molecule has 10 heteroatoms. The molecule has 3 atom stereocenters. The molecule has 43 heavy (non-hydrogen) atoms. The van der Waals surface area contributed by atoms with Crippen LogP contribution < -0.4 is 15.5 Å². The van der Waals surface area contributed by atoms with Crippen LogP contribution in [0, 0.1) is 11.3 Å². The second-order valence-electron chi connectivity index (χ2n) is 11.1. The van der Waals surface area contributed by atoms with Crippen LogP contribution in [-0.2, 0) is 32.1 Å². The van der Waals surface area contributed by atoms with E-state index in [1.165, 1.54) is 16.7 Å². The molecule has 0 saturated heterocycles. The molecule has 1 unspecified atom stereocenters. The Labute approximate surface area is 256 Å². The van der Waals surface area contributed by atoms with Crippen LogP contribution in [0.1, 0.15) is 31.9 Å². The third-order valence-electron chi connectivity index (χ3n) is 6.57. The molecule has 0 aliphatic carbocycles. The number of amides is 2. The lowest BCUT2D eigenvalue weighted by Crippen LogP contribution is -2.58. The van der Waals surface area contributed by atoms with Crippen LogP contribution in [0.4, 0.5) is 10.5 Å². The first-order chi connectivity index (χ1) is 20.6. The van der Waals surface area contributed by atoms with Crippen molar-refractivity contribution in [3.8, 4) is 6.07 Å². The molecule has 0 spiro atoms. The molecule has 1 aliphatic rings. The summed E-state index contributed by atoms with van der Waals surface area (Å²) in [5.41, 5.74) is 1.62. The second kappa shape index (κ2) is 14.7. The number of carbonyl (C=O) groups is 3. The Balaban J connectivity index is 1.54. The number of nitrogens with one attached hydrogen (secondary N) is 2. The van der Waals surface area contributed by atoms with E-state index in [4.69, 9.17) is 9.47 Å². The topological polar surface area (TPSA) is 121 Å². The number of benzene rings is 3. The monoisotopic (exact) mass is 600 g/mol. The highest BCUT2D eigenvalue weighted by Gasteiger charge is 2.36. The zero-order valence-electron chi connectivity index (χ0n) is 24.5. The number of alkyl carbamates (subject to hydrolysis) is 1.